The molecule has 0 heterocycles. The summed E-state index contributed by atoms with van der Waals surface area (Å²) in [6.45, 7) is 6.05. The zero-order chi connectivity index (χ0) is 14.2. The molecule has 0 rings (SSSR count). The first kappa shape index (κ1) is 18.3. The Morgan fingerprint density at radius 2 is 1.47 bits per heavy atom. The topological polar surface area (TPSA) is 80.0 Å². The Morgan fingerprint density at radius 3 is 2.05 bits per heavy atom. The van der Waals surface area contributed by atoms with Gasteiger partial charge in [0, 0.05) is 6.54 Å². The highest BCUT2D eigenvalue weighted by molar-refractivity contribution is 5.69. The van der Waals surface area contributed by atoms with Crippen LogP contribution in [0.4, 0.5) is 0 Å². The summed E-state index contributed by atoms with van der Waals surface area (Å²) in [5.74, 6) is -0.204. The van der Waals surface area contributed by atoms with Crippen molar-refractivity contribution < 1.29 is 23.7 Å². The zero-order valence-corrected chi connectivity index (χ0v) is 11.9. The molecule has 0 radical (unpaired) electrons. The standard InChI is InChI=1S/C13H27NO5/c1-2-3-6-19-13(15)4-7-16-9-11-18-12-10-17-8-5-14/h2-12,14H2,1H3. The van der Waals surface area contributed by atoms with E-state index in [0.29, 0.717) is 59.2 Å². The minimum Gasteiger partial charge on any atom is -0.466 e. The van der Waals surface area contributed by atoms with Crippen molar-refractivity contribution in [2.75, 3.05) is 52.8 Å². The number of ether oxygens (including phenoxy) is 4. The zero-order valence-electron chi connectivity index (χ0n) is 11.9. The maximum Gasteiger partial charge on any atom is 0.308 e. The van der Waals surface area contributed by atoms with Crippen LogP contribution in [0.25, 0.3) is 0 Å². The largest absolute Gasteiger partial charge is 0.466 e. The number of hydrogen-bond acceptors (Lipinski definition) is 6. The first-order chi connectivity index (χ1) is 9.31. The highest BCUT2D eigenvalue weighted by Crippen LogP contribution is 1.92. The maximum absolute atomic E-state index is 11.2. The lowest BCUT2D eigenvalue weighted by molar-refractivity contribution is -0.145. The van der Waals surface area contributed by atoms with Gasteiger partial charge < -0.3 is 24.7 Å². The Balaban J connectivity index is 3.07. The van der Waals surface area contributed by atoms with Crippen LogP contribution in [0.3, 0.4) is 0 Å². The maximum atomic E-state index is 11.2. The molecule has 0 fully saturated rings. The molecule has 0 bridgehead atoms. The number of unbranched alkanes of at least 4 members (excludes halogenated alkanes) is 1. The second-order valence-corrected chi connectivity index (χ2v) is 3.95. The Bertz CT molecular complexity index is 201. The summed E-state index contributed by atoms with van der Waals surface area (Å²) in [5, 5.41) is 0. The van der Waals surface area contributed by atoms with Crippen molar-refractivity contribution in [3.8, 4) is 0 Å². The Labute approximate surface area is 115 Å². The van der Waals surface area contributed by atoms with E-state index >= 15 is 0 Å². The fourth-order valence-electron chi connectivity index (χ4n) is 1.18. The summed E-state index contributed by atoms with van der Waals surface area (Å²) in [7, 11) is 0. The number of carbonyl (C=O) groups is 1. The molecule has 0 aliphatic rings. The lowest BCUT2D eigenvalue weighted by Crippen LogP contribution is -2.14. The molecule has 2 N–H and O–H groups in total. The number of carbonyl (C=O) groups excluding carboxylic acids is 1. The fourth-order valence-corrected chi connectivity index (χ4v) is 1.18. The predicted octanol–water partition coefficient (Wildman–Crippen LogP) is 0.728. The van der Waals surface area contributed by atoms with Crippen molar-refractivity contribution in [2.24, 2.45) is 5.73 Å². The van der Waals surface area contributed by atoms with Gasteiger partial charge >= 0.3 is 5.97 Å². The van der Waals surface area contributed by atoms with Crippen molar-refractivity contribution >= 4 is 5.97 Å². The molecule has 0 amide bonds. The number of rotatable bonds is 14. The molecule has 0 aliphatic heterocycles. The van der Waals surface area contributed by atoms with Gasteiger partial charge in [0.25, 0.3) is 0 Å². The Morgan fingerprint density at radius 1 is 0.895 bits per heavy atom. The van der Waals surface area contributed by atoms with E-state index in [9.17, 15) is 4.79 Å². The van der Waals surface area contributed by atoms with Crippen LogP contribution < -0.4 is 5.73 Å². The Hall–Kier alpha value is -0.690. The van der Waals surface area contributed by atoms with Crippen LogP contribution in [0.5, 0.6) is 0 Å². The molecule has 114 valence electrons. The van der Waals surface area contributed by atoms with Crippen molar-refractivity contribution in [2.45, 2.75) is 26.2 Å². The first-order valence-corrected chi connectivity index (χ1v) is 6.90. The Kier molecular flexibility index (Phi) is 14.8. The van der Waals surface area contributed by atoms with Crippen LogP contribution in [0.2, 0.25) is 0 Å². The fraction of sp³-hybridized carbons (Fsp3) is 0.923. The van der Waals surface area contributed by atoms with Crippen LogP contribution in [-0.4, -0.2) is 58.8 Å². The van der Waals surface area contributed by atoms with Crippen LogP contribution in [0.1, 0.15) is 26.2 Å². The lowest BCUT2D eigenvalue weighted by atomic mass is 10.4. The van der Waals surface area contributed by atoms with Gasteiger partial charge in [-0.1, -0.05) is 13.3 Å². The molecule has 6 heteroatoms. The van der Waals surface area contributed by atoms with E-state index in [1.54, 1.807) is 0 Å². The molecule has 19 heavy (non-hydrogen) atoms. The second kappa shape index (κ2) is 15.4. The highest BCUT2D eigenvalue weighted by Gasteiger charge is 2.01. The molecule has 0 aliphatic carbocycles. The van der Waals surface area contributed by atoms with Gasteiger partial charge in [0.05, 0.1) is 52.7 Å². The predicted molar refractivity (Wildman–Crippen MR) is 72.0 cm³/mol. The van der Waals surface area contributed by atoms with Crippen LogP contribution in [0, 0.1) is 0 Å². The van der Waals surface area contributed by atoms with Gasteiger partial charge in [-0.15, -0.1) is 0 Å². The molecule has 0 aromatic carbocycles. The normalized spacial score (nSPS) is 10.6. The van der Waals surface area contributed by atoms with E-state index < -0.39 is 0 Å². The van der Waals surface area contributed by atoms with Crippen molar-refractivity contribution in [3.63, 3.8) is 0 Å². The summed E-state index contributed by atoms with van der Waals surface area (Å²) >= 11 is 0. The quantitative estimate of drug-likeness (QED) is 0.372. The second-order valence-electron chi connectivity index (χ2n) is 3.95. The third-order valence-corrected chi connectivity index (χ3v) is 2.22. The van der Waals surface area contributed by atoms with Gasteiger partial charge in [0.1, 0.15) is 0 Å². The molecule has 6 nitrogen and oxygen atoms in total. The van der Waals surface area contributed by atoms with E-state index in [0.717, 1.165) is 12.8 Å². The van der Waals surface area contributed by atoms with Gasteiger partial charge in [0.15, 0.2) is 0 Å². The molecule has 0 aromatic rings. The molecule has 0 saturated heterocycles. The molecule has 0 unspecified atom stereocenters. The minimum absolute atomic E-state index is 0.204. The summed E-state index contributed by atoms with van der Waals surface area (Å²) in [4.78, 5) is 11.2. The number of nitrogens with two attached hydrogens (primary N) is 1. The lowest BCUT2D eigenvalue weighted by Gasteiger charge is -2.06. The van der Waals surface area contributed by atoms with Gasteiger partial charge in [0.2, 0.25) is 0 Å². The van der Waals surface area contributed by atoms with E-state index in [4.69, 9.17) is 24.7 Å². The highest BCUT2D eigenvalue weighted by atomic mass is 16.5. The first-order valence-electron chi connectivity index (χ1n) is 6.90. The molecular formula is C13H27NO5. The minimum atomic E-state index is -0.204. The van der Waals surface area contributed by atoms with E-state index in [2.05, 4.69) is 6.92 Å². The smallest absolute Gasteiger partial charge is 0.308 e. The molecular weight excluding hydrogens is 250 g/mol. The van der Waals surface area contributed by atoms with Gasteiger partial charge in [-0.25, -0.2) is 0 Å². The average Bonchev–Trinajstić information content (AvgIpc) is 2.41. The van der Waals surface area contributed by atoms with Gasteiger partial charge in [-0.3, -0.25) is 4.79 Å². The van der Waals surface area contributed by atoms with Crippen LogP contribution in [-0.2, 0) is 23.7 Å². The SMILES string of the molecule is CCCCOC(=O)CCOCCOCCOCCN. The number of hydrogen-bond donors (Lipinski definition) is 1. The summed E-state index contributed by atoms with van der Waals surface area (Å²) < 4.78 is 20.6. The van der Waals surface area contributed by atoms with E-state index in [-0.39, 0.29) is 5.97 Å². The van der Waals surface area contributed by atoms with Crippen LogP contribution in [0.15, 0.2) is 0 Å². The van der Waals surface area contributed by atoms with Crippen LogP contribution >= 0.6 is 0 Å². The molecule has 0 saturated carbocycles. The monoisotopic (exact) mass is 277 g/mol. The van der Waals surface area contributed by atoms with Gasteiger partial charge in [-0.2, -0.15) is 0 Å². The average molecular weight is 277 g/mol. The third kappa shape index (κ3) is 15.3. The number of esters is 1. The summed E-state index contributed by atoms with van der Waals surface area (Å²) in [6, 6.07) is 0. The third-order valence-electron chi connectivity index (χ3n) is 2.22. The van der Waals surface area contributed by atoms with E-state index in [1.165, 1.54) is 0 Å². The van der Waals surface area contributed by atoms with Crippen molar-refractivity contribution in [1.82, 2.24) is 0 Å². The van der Waals surface area contributed by atoms with Crippen molar-refractivity contribution in [1.29, 1.82) is 0 Å². The summed E-state index contributed by atoms with van der Waals surface area (Å²) in [5.41, 5.74) is 5.26. The molecule has 0 aromatic heterocycles. The summed E-state index contributed by atoms with van der Waals surface area (Å²) in [6.07, 6.45) is 2.23. The van der Waals surface area contributed by atoms with Gasteiger partial charge in [-0.05, 0) is 6.42 Å². The molecule has 0 spiro atoms. The molecule has 0 atom stereocenters. The van der Waals surface area contributed by atoms with Crippen molar-refractivity contribution in [3.05, 3.63) is 0 Å². The van der Waals surface area contributed by atoms with E-state index in [1.807, 2.05) is 0 Å².